The molecule has 3 heteroatoms. The van der Waals surface area contributed by atoms with Gasteiger partial charge in [-0.1, -0.05) is 0 Å². The van der Waals surface area contributed by atoms with Crippen LogP contribution in [0.15, 0.2) is 0 Å². The fourth-order valence-corrected chi connectivity index (χ4v) is 0.304. The van der Waals surface area contributed by atoms with E-state index in [1.54, 1.807) is 0 Å². The number of nitriles is 1. The first-order valence-electron chi connectivity index (χ1n) is 2.48. The second kappa shape index (κ2) is 3.71. The molecule has 0 aromatic carbocycles. The lowest BCUT2D eigenvalue weighted by Gasteiger charge is -2.12. The van der Waals surface area contributed by atoms with Crippen molar-refractivity contribution in [1.29, 1.82) is 5.26 Å². The third-order valence-corrected chi connectivity index (χ3v) is 1.29. The Hall–Kier alpha value is -0.260. The lowest BCUT2D eigenvalue weighted by Crippen LogP contribution is -2.20. The van der Waals surface area contributed by atoms with Gasteiger partial charge in [0.05, 0.1) is 6.07 Å². The van der Waals surface area contributed by atoms with Gasteiger partial charge in [0.25, 0.3) is 0 Å². The summed E-state index contributed by atoms with van der Waals surface area (Å²) in [7, 11) is 0. The zero-order chi connectivity index (χ0) is 6.57. The summed E-state index contributed by atoms with van der Waals surface area (Å²) in [4.78, 5) is 0. The Bertz CT molecular complexity index is 95.1. The van der Waals surface area contributed by atoms with E-state index >= 15 is 0 Å². The van der Waals surface area contributed by atoms with Crippen LogP contribution < -0.4 is 0 Å². The molecule has 0 rings (SSSR count). The van der Waals surface area contributed by atoms with E-state index in [1.807, 2.05) is 19.9 Å². The summed E-state index contributed by atoms with van der Waals surface area (Å²) in [6, 6.07) is 2.19. The van der Waals surface area contributed by atoms with Crippen LogP contribution in [0.1, 0.15) is 13.8 Å². The normalized spacial score (nSPS) is 10.0. The summed E-state index contributed by atoms with van der Waals surface area (Å²) in [6.45, 7) is 4.16. The second-order valence-corrected chi connectivity index (χ2v) is 2.24. The molecule has 0 aliphatic rings. The highest BCUT2D eigenvalue weighted by Gasteiger charge is 2.01. The van der Waals surface area contributed by atoms with Gasteiger partial charge in [-0.3, -0.25) is 0 Å². The Kier molecular flexibility index (Phi) is 3.59. The lowest BCUT2D eigenvalue weighted by molar-refractivity contribution is 0.421. The maximum absolute atomic E-state index is 8.11. The SMILES string of the molecule is CC(C)N(Cl)CC#N. The van der Waals surface area contributed by atoms with Gasteiger partial charge in [-0.25, -0.2) is 4.42 Å². The molecule has 0 aromatic rings. The number of rotatable bonds is 2. The highest BCUT2D eigenvalue weighted by atomic mass is 35.5. The first kappa shape index (κ1) is 7.74. The smallest absolute Gasteiger partial charge is 0.101 e. The molecule has 2 nitrogen and oxygen atoms in total. The van der Waals surface area contributed by atoms with Gasteiger partial charge in [0, 0.05) is 6.04 Å². The number of nitrogens with zero attached hydrogens (tertiary/aromatic N) is 2. The van der Waals surface area contributed by atoms with Crippen molar-refractivity contribution in [3.8, 4) is 6.07 Å². The van der Waals surface area contributed by atoms with Gasteiger partial charge in [-0.05, 0) is 25.6 Å². The molecule has 0 saturated carbocycles. The van der Waals surface area contributed by atoms with E-state index < -0.39 is 0 Å². The highest BCUT2D eigenvalue weighted by Crippen LogP contribution is 1.98. The first-order chi connectivity index (χ1) is 3.68. The number of halogens is 1. The van der Waals surface area contributed by atoms with E-state index in [9.17, 15) is 0 Å². The molecule has 0 fully saturated rings. The van der Waals surface area contributed by atoms with Crippen molar-refractivity contribution in [2.24, 2.45) is 0 Å². The van der Waals surface area contributed by atoms with Crippen LogP contribution in [-0.2, 0) is 0 Å². The van der Waals surface area contributed by atoms with Crippen LogP contribution in [0.4, 0.5) is 0 Å². The van der Waals surface area contributed by atoms with Gasteiger partial charge in [0.15, 0.2) is 0 Å². The van der Waals surface area contributed by atoms with Crippen LogP contribution in [0.5, 0.6) is 0 Å². The monoisotopic (exact) mass is 132 g/mol. The first-order valence-corrected chi connectivity index (χ1v) is 2.81. The van der Waals surface area contributed by atoms with E-state index in [1.165, 1.54) is 4.42 Å². The molecule has 0 unspecified atom stereocenters. The van der Waals surface area contributed by atoms with Crippen molar-refractivity contribution < 1.29 is 0 Å². The van der Waals surface area contributed by atoms with Crippen molar-refractivity contribution in [2.45, 2.75) is 19.9 Å². The average molecular weight is 133 g/mol. The van der Waals surface area contributed by atoms with E-state index in [-0.39, 0.29) is 6.04 Å². The van der Waals surface area contributed by atoms with Crippen LogP contribution in [0, 0.1) is 11.3 Å². The number of hydrogen-bond donors (Lipinski definition) is 0. The van der Waals surface area contributed by atoms with Crippen LogP contribution >= 0.6 is 11.8 Å². The molecule has 0 spiro atoms. The third-order valence-electron chi connectivity index (χ3n) is 0.782. The molecule has 0 N–H and O–H groups in total. The van der Waals surface area contributed by atoms with Gasteiger partial charge in [-0.2, -0.15) is 5.26 Å². The predicted octanol–water partition coefficient (Wildman–Crippen LogP) is 1.37. The summed E-state index contributed by atoms with van der Waals surface area (Å²) in [5, 5.41) is 8.11. The number of hydrogen-bond acceptors (Lipinski definition) is 2. The van der Waals surface area contributed by atoms with Crippen LogP contribution in [0.2, 0.25) is 0 Å². The zero-order valence-corrected chi connectivity index (χ0v) is 5.81. The summed E-state index contributed by atoms with van der Waals surface area (Å²) >= 11 is 5.53. The minimum absolute atomic E-state index is 0.247. The predicted molar refractivity (Wildman–Crippen MR) is 33.3 cm³/mol. The maximum Gasteiger partial charge on any atom is 0.101 e. The van der Waals surface area contributed by atoms with Crippen LogP contribution in [0.25, 0.3) is 0 Å². The van der Waals surface area contributed by atoms with Crippen molar-refractivity contribution >= 4 is 11.8 Å². The molecule has 0 aromatic heterocycles. The molecule has 0 radical (unpaired) electrons. The van der Waals surface area contributed by atoms with Gasteiger partial charge in [0.2, 0.25) is 0 Å². The lowest BCUT2D eigenvalue weighted by atomic mass is 10.4. The minimum Gasteiger partial charge on any atom is -0.204 e. The van der Waals surface area contributed by atoms with E-state index in [0.717, 1.165) is 0 Å². The molecule has 0 aliphatic heterocycles. The minimum atomic E-state index is 0.247. The van der Waals surface area contributed by atoms with Gasteiger partial charge in [0.1, 0.15) is 6.54 Å². The van der Waals surface area contributed by atoms with Crippen molar-refractivity contribution in [3.05, 3.63) is 0 Å². The van der Waals surface area contributed by atoms with Crippen molar-refractivity contribution in [2.75, 3.05) is 6.54 Å². The summed E-state index contributed by atoms with van der Waals surface area (Å²) in [5.41, 5.74) is 0. The molecule has 46 valence electrons. The molecular weight excluding hydrogens is 124 g/mol. The highest BCUT2D eigenvalue weighted by molar-refractivity contribution is 6.13. The van der Waals surface area contributed by atoms with Gasteiger partial charge >= 0.3 is 0 Å². The Morgan fingerprint density at radius 2 is 2.25 bits per heavy atom. The van der Waals surface area contributed by atoms with Crippen molar-refractivity contribution in [1.82, 2.24) is 4.42 Å². The molecule has 0 bridgehead atoms. The summed E-state index contributed by atoms with van der Waals surface area (Å²) in [6.07, 6.45) is 0. The average Bonchev–Trinajstić information content (AvgIpc) is 1.67. The zero-order valence-electron chi connectivity index (χ0n) is 5.06. The van der Waals surface area contributed by atoms with Gasteiger partial charge in [-0.15, -0.1) is 0 Å². The van der Waals surface area contributed by atoms with Gasteiger partial charge < -0.3 is 0 Å². The molecule has 0 heterocycles. The Labute approximate surface area is 54.8 Å². The summed E-state index contributed by atoms with van der Waals surface area (Å²) < 4.78 is 1.46. The molecule has 0 amide bonds. The second-order valence-electron chi connectivity index (χ2n) is 1.81. The van der Waals surface area contributed by atoms with E-state index in [4.69, 9.17) is 17.0 Å². The Morgan fingerprint density at radius 3 is 2.38 bits per heavy atom. The maximum atomic E-state index is 8.11. The van der Waals surface area contributed by atoms with Crippen LogP contribution in [-0.4, -0.2) is 17.0 Å². The molecule has 0 saturated heterocycles. The van der Waals surface area contributed by atoms with E-state index in [2.05, 4.69) is 0 Å². The fraction of sp³-hybridized carbons (Fsp3) is 0.800. The quantitative estimate of drug-likeness (QED) is 0.419. The molecular formula is C5H9ClN2. The van der Waals surface area contributed by atoms with Crippen molar-refractivity contribution in [3.63, 3.8) is 0 Å². The molecule has 0 aliphatic carbocycles. The molecule has 8 heavy (non-hydrogen) atoms. The topological polar surface area (TPSA) is 27.0 Å². The van der Waals surface area contributed by atoms with Crippen LogP contribution in [0.3, 0.4) is 0 Å². The largest absolute Gasteiger partial charge is 0.204 e. The fourth-order valence-electron chi connectivity index (χ4n) is 0.250. The molecule has 0 atom stereocenters. The Morgan fingerprint density at radius 1 is 1.75 bits per heavy atom. The third kappa shape index (κ3) is 2.84. The summed E-state index contributed by atoms with van der Waals surface area (Å²) in [5.74, 6) is 0. The van der Waals surface area contributed by atoms with E-state index in [0.29, 0.717) is 6.54 Å². The Balaban J connectivity index is 3.35. The standard InChI is InChI=1S/C5H9ClN2/c1-5(2)8(6)4-3-7/h5H,4H2,1-2H3.